The van der Waals surface area contributed by atoms with Gasteiger partial charge in [-0.25, -0.2) is 8.42 Å². The van der Waals surface area contributed by atoms with Crippen molar-refractivity contribution >= 4 is 33.2 Å². The maximum Gasteiger partial charge on any atom is 0.264 e. The third-order valence-electron chi connectivity index (χ3n) is 5.25. The summed E-state index contributed by atoms with van der Waals surface area (Å²) in [5.74, 6) is 0.412. The predicted octanol–water partition coefficient (Wildman–Crippen LogP) is 5.27. The standard InChI is InChI=1S/C24H33ClN2O4S/c1-4-7-10-19(5-2)17-26-24(28)18-27(22-11-8-9-12-23(22)31-6-3)32(29,30)21-15-13-20(25)14-16-21/h8-9,11-16,19H,4-7,10,17-18H2,1-3H3,(H,26,28)/t19-/m0/s1. The van der Waals surface area contributed by atoms with Crippen molar-refractivity contribution in [3.05, 3.63) is 53.6 Å². The Morgan fingerprint density at radius 2 is 1.78 bits per heavy atom. The zero-order chi connectivity index (χ0) is 23.6. The molecular weight excluding hydrogens is 448 g/mol. The largest absolute Gasteiger partial charge is 0.492 e. The summed E-state index contributed by atoms with van der Waals surface area (Å²) in [5, 5.41) is 3.35. The quantitative estimate of drug-likeness (QED) is 0.424. The van der Waals surface area contributed by atoms with Crippen LogP contribution in [-0.4, -0.2) is 34.0 Å². The van der Waals surface area contributed by atoms with Gasteiger partial charge in [-0.3, -0.25) is 9.10 Å². The third kappa shape index (κ3) is 7.14. The van der Waals surface area contributed by atoms with Crippen molar-refractivity contribution in [2.75, 3.05) is 24.0 Å². The van der Waals surface area contributed by atoms with E-state index in [1.807, 2.05) is 6.92 Å². The van der Waals surface area contributed by atoms with Gasteiger partial charge in [-0.1, -0.05) is 56.8 Å². The first kappa shape index (κ1) is 26.0. The van der Waals surface area contributed by atoms with Crippen LogP contribution in [0.15, 0.2) is 53.4 Å². The van der Waals surface area contributed by atoms with E-state index in [9.17, 15) is 13.2 Å². The summed E-state index contributed by atoms with van der Waals surface area (Å²) in [7, 11) is -4.03. The molecule has 1 amide bonds. The molecule has 6 nitrogen and oxygen atoms in total. The number of ether oxygens (including phenoxy) is 1. The van der Waals surface area contributed by atoms with Crippen LogP contribution < -0.4 is 14.4 Å². The van der Waals surface area contributed by atoms with E-state index in [1.165, 1.54) is 24.3 Å². The number of nitrogens with zero attached hydrogens (tertiary/aromatic N) is 1. The molecule has 1 atom stereocenters. The van der Waals surface area contributed by atoms with Crippen molar-refractivity contribution < 1.29 is 17.9 Å². The molecule has 0 spiro atoms. The molecule has 8 heteroatoms. The summed E-state index contributed by atoms with van der Waals surface area (Å²) in [6.07, 6.45) is 4.20. The van der Waals surface area contributed by atoms with Gasteiger partial charge in [0.1, 0.15) is 12.3 Å². The molecule has 0 radical (unpaired) electrons. The number of hydrogen-bond donors (Lipinski definition) is 1. The number of carbonyl (C=O) groups excluding carboxylic acids is 1. The third-order valence-corrected chi connectivity index (χ3v) is 7.28. The minimum Gasteiger partial charge on any atom is -0.492 e. The molecule has 2 aromatic carbocycles. The summed E-state index contributed by atoms with van der Waals surface area (Å²) in [6.45, 7) is 6.61. The number of unbranched alkanes of at least 4 members (excludes halogenated alkanes) is 1. The first-order valence-corrected chi connectivity index (χ1v) is 12.9. The van der Waals surface area contributed by atoms with E-state index >= 15 is 0 Å². The number of hydrogen-bond acceptors (Lipinski definition) is 4. The van der Waals surface area contributed by atoms with Gasteiger partial charge in [0.25, 0.3) is 10.0 Å². The van der Waals surface area contributed by atoms with E-state index in [1.54, 1.807) is 24.3 Å². The Morgan fingerprint density at radius 1 is 1.09 bits per heavy atom. The SMILES string of the molecule is CCCC[C@H](CC)CNC(=O)CN(c1ccccc1OCC)S(=O)(=O)c1ccc(Cl)cc1. The highest BCUT2D eigenvalue weighted by Crippen LogP contribution is 2.32. The Hall–Kier alpha value is -2.25. The van der Waals surface area contributed by atoms with Crippen molar-refractivity contribution in [1.29, 1.82) is 0 Å². The highest BCUT2D eigenvalue weighted by Gasteiger charge is 2.29. The molecule has 32 heavy (non-hydrogen) atoms. The van der Waals surface area contributed by atoms with E-state index in [0.717, 1.165) is 30.0 Å². The van der Waals surface area contributed by atoms with Crippen LogP contribution in [0.3, 0.4) is 0 Å². The predicted molar refractivity (Wildman–Crippen MR) is 130 cm³/mol. The van der Waals surface area contributed by atoms with Crippen LogP contribution in [0.1, 0.15) is 46.5 Å². The normalized spacial score (nSPS) is 12.2. The Morgan fingerprint density at radius 3 is 2.41 bits per heavy atom. The van der Waals surface area contributed by atoms with Gasteiger partial charge in [0, 0.05) is 11.6 Å². The number of halogens is 1. The average Bonchev–Trinajstić information content (AvgIpc) is 2.78. The van der Waals surface area contributed by atoms with Crippen LogP contribution in [0.2, 0.25) is 5.02 Å². The molecule has 0 unspecified atom stereocenters. The number of anilines is 1. The van der Waals surface area contributed by atoms with E-state index in [-0.39, 0.29) is 17.3 Å². The van der Waals surface area contributed by atoms with E-state index < -0.39 is 10.0 Å². The zero-order valence-corrected chi connectivity index (χ0v) is 20.6. The summed E-state index contributed by atoms with van der Waals surface area (Å²) in [5.41, 5.74) is 0.317. The lowest BCUT2D eigenvalue weighted by molar-refractivity contribution is -0.119. The Kier molecular flexibility index (Phi) is 10.3. The number of sulfonamides is 1. The van der Waals surface area contributed by atoms with Gasteiger partial charge in [-0.15, -0.1) is 0 Å². The van der Waals surface area contributed by atoms with E-state index in [4.69, 9.17) is 16.3 Å². The van der Waals surface area contributed by atoms with Crippen molar-refractivity contribution in [3.63, 3.8) is 0 Å². The van der Waals surface area contributed by atoms with Crippen molar-refractivity contribution in [2.24, 2.45) is 5.92 Å². The molecule has 0 fully saturated rings. The smallest absolute Gasteiger partial charge is 0.264 e. The molecule has 0 aliphatic heterocycles. The van der Waals surface area contributed by atoms with Crippen LogP contribution >= 0.6 is 11.6 Å². The van der Waals surface area contributed by atoms with E-state index in [2.05, 4.69) is 19.2 Å². The van der Waals surface area contributed by atoms with E-state index in [0.29, 0.717) is 35.5 Å². The lowest BCUT2D eigenvalue weighted by atomic mass is 9.99. The second-order valence-electron chi connectivity index (χ2n) is 7.59. The molecule has 0 heterocycles. The molecule has 0 aromatic heterocycles. The average molecular weight is 481 g/mol. The van der Waals surface area contributed by atoms with Crippen LogP contribution in [-0.2, 0) is 14.8 Å². The highest BCUT2D eigenvalue weighted by molar-refractivity contribution is 7.92. The molecule has 0 saturated heterocycles. The molecule has 0 aliphatic rings. The number of para-hydroxylation sites is 2. The van der Waals surface area contributed by atoms with Crippen molar-refractivity contribution in [1.82, 2.24) is 5.32 Å². The molecular formula is C24H33ClN2O4S. The first-order valence-electron chi connectivity index (χ1n) is 11.1. The van der Waals surface area contributed by atoms with Crippen LogP contribution in [0, 0.1) is 5.92 Å². The minimum atomic E-state index is -4.03. The molecule has 0 bridgehead atoms. The summed E-state index contributed by atoms with van der Waals surface area (Å²) in [4.78, 5) is 12.9. The lowest BCUT2D eigenvalue weighted by Gasteiger charge is -2.26. The van der Waals surface area contributed by atoms with Gasteiger partial charge in [-0.05, 0) is 55.7 Å². The monoisotopic (exact) mass is 480 g/mol. The maximum absolute atomic E-state index is 13.5. The molecule has 2 aromatic rings. The number of carbonyl (C=O) groups is 1. The fraction of sp³-hybridized carbons (Fsp3) is 0.458. The molecule has 0 saturated carbocycles. The Balaban J connectivity index is 2.33. The highest BCUT2D eigenvalue weighted by atomic mass is 35.5. The minimum absolute atomic E-state index is 0.0513. The van der Waals surface area contributed by atoms with Crippen LogP contribution in [0.25, 0.3) is 0 Å². The summed E-state index contributed by atoms with van der Waals surface area (Å²) >= 11 is 5.94. The number of benzene rings is 2. The molecule has 2 rings (SSSR count). The van der Waals surface area contributed by atoms with Gasteiger partial charge < -0.3 is 10.1 Å². The molecule has 176 valence electrons. The number of nitrogens with one attached hydrogen (secondary N) is 1. The summed E-state index contributed by atoms with van der Waals surface area (Å²) in [6, 6.07) is 12.7. The Bertz CT molecular complexity index is 964. The van der Waals surface area contributed by atoms with Crippen molar-refractivity contribution in [2.45, 2.75) is 51.3 Å². The molecule has 1 N–H and O–H groups in total. The number of amides is 1. The van der Waals surface area contributed by atoms with Crippen LogP contribution in [0.5, 0.6) is 5.75 Å². The van der Waals surface area contributed by atoms with Gasteiger partial charge in [0.2, 0.25) is 5.91 Å². The van der Waals surface area contributed by atoms with Crippen LogP contribution in [0.4, 0.5) is 5.69 Å². The van der Waals surface area contributed by atoms with Gasteiger partial charge in [0.15, 0.2) is 0 Å². The fourth-order valence-corrected chi connectivity index (χ4v) is 4.92. The lowest BCUT2D eigenvalue weighted by Crippen LogP contribution is -2.42. The number of rotatable bonds is 13. The fourth-order valence-electron chi connectivity index (χ4n) is 3.36. The van der Waals surface area contributed by atoms with Crippen molar-refractivity contribution in [3.8, 4) is 5.75 Å². The second-order valence-corrected chi connectivity index (χ2v) is 9.89. The second kappa shape index (κ2) is 12.7. The topological polar surface area (TPSA) is 75.7 Å². The molecule has 0 aliphatic carbocycles. The van der Waals surface area contributed by atoms with Gasteiger partial charge in [-0.2, -0.15) is 0 Å². The maximum atomic E-state index is 13.5. The Labute approximate surface area is 197 Å². The van der Waals surface area contributed by atoms with Gasteiger partial charge in [0.05, 0.1) is 17.2 Å². The zero-order valence-electron chi connectivity index (χ0n) is 19.0. The first-order chi connectivity index (χ1) is 15.3. The van der Waals surface area contributed by atoms with Gasteiger partial charge >= 0.3 is 0 Å². The summed E-state index contributed by atoms with van der Waals surface area (Å²) < 4.78 is 33.8.